The molecule has 96 valence electrons. The molecule has 1 aromatic rings. The van der Waals surface area contributed by atoms with Crippen LogP contribution in [-0.2, 0) is 6.54 Å². The molecule has 0 aromatic heterocycles. The fourth-order valence-electron chi connectivity index (χ4n) is 2.92. The van der Waals surface area contributed by atoms with Gasteiger partial charge in [-0.25, -0.2) is 0 Å². The second-order valence-electron chi connectivity index (χ2n) is 5.48. The van der Waals surface area contributed by atoms with Gasteiger partial charge in [0.05, 0.1) is 12.6 Å². The number of fused-ring (bicyclic) bond motifs is 1. The van der Waals surface area contributed by atoms with Crippen LogP contribution in [-0.4, -0.2) is 30.0 Å². The van der Waals surface area contributed by atoms with Crippen LogP contribution in [0.5, 0.6) is 0 Å². The zero-order chi connectivity index (χ0) is 12.4. The maximum absolute atomic E-state index is 4.66. The molecule has 1 aromatic carbocycles. The summed E-state index contributed by atoms with van der Waals surface area (Å²) in [5, 5.41) is 3.49. The lowest BCUT2D eigenvalue weighted by molar-refractivity contribution is 0.213. The number of rotatable bonds is 2. The molecule has 0 unspecified atom stereocenters. The first kappa shape index (κ1) is 11.6. The van der Waals surface area contributed by atoms with Crippen LogP contribution in [0.15, 0.2) is 35.3 Å². The largest absolute Gasteiger partial charge is 0.352 e. The van der Waals surface area contributed by atoms with Gasteiger partial charge in [0.25, 0.3) is 0 Å². The number of hydrogen-bond donors (Lipinski definition) is 1. The quantitative estimate of drug-likeness (QED) is 0.862. The molecule has 0 spiro atoms. The third-order valence-corrected chi connectivity index (χ3v) is 4.00. The highest BCUT2D eigenvalue weighted by atomic mass is 15.4. The van der Waals surface area contributed by atoms with Gasteiger partial charge in [-0.1, -0.05) is 37.3 Å². The highest BCUT2D eigenvalue weighted by Crippen LogP contribution is 2.25. The van der Waals surface area contributed by atoms with Gasteiger partial charge in [0, 0.05) is 13.1 Å². The van der Waals surface area contributed by atoms with Crippen molar-refractivity contribution in [2.24, 2.45) is 10.9 Å². The minimum atomic E-state index is 0.645. The van der Waals surface area contributed by atoms with Crippen molar-refractivity contribution in [3.63, 3.8) is 0 Å². The smallest absolute Gasteiger partial charge is 0.194 e. The molecule has 0 saturated carbocycles. The van der Waals surface area contributed by atoms with Gasteiger partial charge in [0.15, 0.2) is 5.96 Å². The molecule has 18 heavy (non-hydrogen) atoms. The summed E-state index contributed by atoms with van der Waals surface area (Å²) in [4.78, 5) is 7.12. The number of nitrogens with zero attached hydrogens (tertiary/aromatic N) is 2. The predicted molar refractivity (Wildman–Crippen MR) is 74.5 cm³/mol. The van der Waals surface area contributed by atoms with Crippen LogP contribution in [0.25, 0.3) is 0 Å². The van der Waals surface area contributed by atoms with Gasteiger partial charge in [-0.05, 0) is 24.3 Å². The summed E-state index contributed by atoms with van der Waals surface area (Å²) in [5.74, 6) is 1.96. The average Bonchev–Trinajstić information content (AvgIpc) is 2.80. The zero-order valence-corrected chi connectivity index (χ0v) is 11.0. The van der Waals surface area contributed by atoms with E-state index in [9.17, 15) is 0 Å². The molecule has 2 heterocycles. The van der Waals surface area contributed by atoms with Crippen molar-refractivity contribution in [2.75, 3.05) is 13.1 Å². The van der Waals surface area contributed by atoms with Crippen molar-refractivity contribution in [1.29, 1.82) is 0 Å². The van der Waals surface area contributed by atoms with Crippen molar-refractivity contribution >= 4 is 5.96 Å². The van der Waals surface area contributed by atoms with Gasteiger partial charge in [0.2, 0.25) is 0 Å². The summed E-state index contributed by atoms with van der Waals surface area (Å²) in [6.07, 6.45) is 2.59. The van der Waals surface area contributed by atoms with Crippen molar-refractivity contribution < 1.29 is 0 Å². The molecule has 0 amide bonds. The molecule has 3 nitrogen and oxygen atoms in total. The average molecular weight is 243 g/mol. The number of guanidine groups is 1. The van der Waals surface area contributed by atoms with Gasteiger partial charge in [0.1, 0.15) is 0 Å². The van der Waals surface area contributed by atoms with Crippen LogP contribution in [0.1, 0.15) is 25.3 Å². The Morgan fingerprint density at radius 2 is 2.17 bits per heavy atom. The van der Waals surface area contributed by atoms with Gasteiger partial charge in [-0.2, -0.15) is 0 Å². The summed E-state index contributed by atoms with van der Waals surface area (Å²) in [6.45, 7) is 5.36. The molecule has 0 bridgehead atoms. The van der Waals surface area contributed by atoms with E-state index in [1.54, 1.807) is 0 Å². The topological polar surface area (TPSA) is 27.6 Å². The van der Waals surface area contributed by atoms with Crippen LogP contribution >= 0.6 is 0 Å². The third kappa shape index (κ3) is 2.35. The van der Waals surface area contributed by atoms with E-state index in [2.05, 4.69) is 52.5 Å². The number of nitrogens with one attached hydrogen (secondary N) is 1. The van der Waals surface area contributed by atoms with E-state index in [0.717, 1.165) is 31.5 Å². The highest BCUT2D eigenvalue weighted by Gasteiger charge is 2.32. The van der Waals surface area contributed by atoms with Gasteiger partial charge in [-0.15, -0.1) is 0 Å². The Morgan fingerprint density at radius 3 is 3.00 bits per heavy atom. The van der Waals surface area contributed by atoms with E-state index in [1.165, 1.54) is 18.4 Å². The standard InChI is InChI=1S/C15H21N3/c1-12-7-8-18-14(9-12)11-17-15(18)16-10-13-5-3-2-4-6-13/h2-6,12,14H,7-11H2,1H3,(H,16,17)/t12-,14+/m1/s1. The Hall–Kier alpha value is -1.51. The molecule has 0 radical (unpaired) electrons. The molecule has 2 aliphatic heterocycles. The van der Waals surface area contributed by atoms with Crippen molar-refractivity contribution in [2.45, 2.75) is 32.4 Å². The minimum absolute atomic E-state index is 0.645. The molecule has 3 rings (SSSR count). The number of hydrogen-bond acceptors (Lipinski definition) is 3. The van der Waals surface area contributed by atoms with Gasteiger partial charge < -0.3 is 10.2 Å². The van der Waals surface area contributed by atoms with Crippen LogP contribution < -0.4 is 5.32 Å². The summed E-state index contributed by atoms with van der Waals surface area (Å²) in [5.41, 5.74) is 1.31. The van der Waals surface area contributed by atoms with E-state index in [-0.39, 0.29) is 0 Å². The Kier molecular flexibility index (Phi) is 3.22. The first-order valence-electron chi connectivity index (χ1n) is 6.92. The fraction of sp³-hybridized carbons (Fsp3) is 0.533. The summed E-state index contributed by atoms with van der Waals surface area (Å²) < 4.78 is 0. The summed E-state index contributed by atoms with van der Waals surface area (Å²) >= 11 is 0. The molecular weight excluding hydrogens is 222 g/mol. The predicted octanol–water partition coefficient (Wildman–Crippen LogP) is 2.25. The van der Waals surface area contributed by atoms with Crippen molar-refractivity contribution in [3.8, 4) is 0 Å². The van der Waals surface area contributed by atoms with Crippen LogP contribution in [0.4, 0.5) is 0 Å². The van der Waals surface area contributed by atoms with Crippen LogP contribution in [0.2, 0.25) is 0 Å². The molecular formula is C15H21N3. The fourth-order valence-corrected chi connectivity index (χ4v) is 2.92. The lowest BCUT2D eigenvalue weighted by Crippen LogP contribution is -2.47. The molecule has 1 fully saturated rings. The number of piperidine rings is 1. The lowest BCUT2D eigenvalue weighted by atomic mass is 9.93. The van der Waals surface area contributed by atoms with Crippen molar-refractivity contribution in [1.82, 2.24) is 10.2 Å². The molecule has 2 aliphatic rings. The number of aliphatic imine (C=N–C) groups is 1. The monoisotopic (exact) mass is 243 g/mol. The van der Waals surface area contributed by atoms with Gasteiger partial charge in [-0.3, -0.25) is 4.99 Å². The maximum atomic E-state index is 4.66. The number of benzene rings is 1. The van der Waals surface area contributed by atoms with E-state index >= 15 is 0 Å². The van der Waals surface area contributed by atoms with Crippen LogP contribution in [0.3, 0.4) is 0 Å². The van der Waals surface area contributed by atoms with Crippen molar-refractivity contribution in [3.05, 3.63) is 35.9 Å². The second kappa shape index (κ2) is 5.01. The molecule has 1 N–H and O–H groups in total. The SMILES string of the molecule is C[C@@H]1CCN2C(NCc3ccccc3)=NC[C@@H]2C1. The molecule has 1 saturated heterocycles. The summed E-state index contributed by atoms with van der Waals surface area (Å²) in [7, 11) is 0. The second-order valence-corrected chi connectivity index (χ2v) is 5.48. The Labute approximate surface area is 109 Å². The minimum Gasteiger partial charge on any atom is -0.352 e. The molecule has 0 aliphatic carbocycles. The lowest BCUT2D eigenvalue weighted by Gasteiger charge is -2.35. The van der Waals surface area contributed by atoms with E-state index in [0.29, 0.717) is 6.04 Å². The molecule has 3 heteroatoms. The Balaban J connectivity index is 1.58. The normalized spacial score (nSPS) is 26.7. The maximum Gasteiger partial charge on any atom is 0.194 e. The Morgan fingerprint density at radius 1 is 1.33 bits per heavy atom. The van der Waals surface area contributed by atoms with E-state index < -0.39 is 0 Å². The van der Waals surface area contributed by atoms with Crippen LogP contribution in [0, 0.1) is 5.92 Å². The Bertz CT molecular complexity index is 427. The highest BCUT2D eigenvalue weighted by molar-refractivity contribution is 5.82. The first-order valence-corrected chi connectivity index (χ1v) is 6.92. The van der Waals surface area contributed by atoms with E-state index in [1.807, 2.05) is 0 Å². The first-order chi connectivity index (χ1) is 8.83. The van der Waals surface area contributed by atoms with Gasteiger partial charge >= 0.3 is 0 Å². The van der Waals surface area contributed by atoms with E-state index in [4.69, 9.17) is 0 Å². The zero-order valence-electron chi connectivity index (χ0n) is 11.0. The third-order valence-electron chi connectivity index (χ3n) is 4.00. The molecule has 2 atom stereocenters. The summed E-state index contributed by atoms with van der Waals surface area (Å²) in [6, 6.07) is 11.2.